The van der Waals surface area contributed by atoms with Crippen molar-refractivity contribution in [1.82, 2.24) is 20.5 Å². The molecule has 1 aromatic heterocycles. The Hall–Kier alpha value is -1.42. The van der Waals surface area contributed by atoms with Crippen LogP contribution in [0.5, 0.6) is 0 Å². The topological polar surface area (TPSA) is 69.3 Å². The van der Waals surface area contributed by atoms with Crippen LogP contribution in [0.4, 0.5) is 10.5 Å². The van der Waals surface area contributed by atoms with Crippen LogP contribution in [0.15, 0.2) is 23.7 Å². The summed E-state index contributed by atoms with van der Waals surface area (Å²) in [6.45, 7) is 3.81. The van der Waals surface area contributed by atoms with E-state index in [2.05, 4.69) is 32.9 Å². The van der Waals surface area contributed by atoms with Crippen molar-refractivity contribution in [1.29, 1.82) is 0 Å². The molecule has 9 heteroatoms. The Balaban J connectivity index is 1.23. The van der Waals surface area contributed by atoms with Gasteiger partial charge < -0.3 is 20.9 Å². The van der Waals surface area contributed by atoms with Crippen molar-refractivity contribution in [2.45, 2.75) is 30.9 Å². The minimum atomic E-state index is -0.176. The number of urea groups is 1. The van der Waals surface area contributed by atoms with Gasteiger partial charge in [0.25, 0.3) is 0 Å². The first-order chi connectivity index (χ1) is 13.6. The molecule has 1 fully saturated rings. The predicted molar refractivity (Wildman–Crippen MR) is 125 cm³/mol. The molecular formula is C19H27N5OS3. The van der Waals surface area contributed by atoms with Crippen LogP contribution in [0.3, 0.4) is 0 Å². The Bertz CT molecular complexity index is 789. The summed E-state index contributed by atoms with van der Waals surface area (Å²) in [4.78, 5) is 18.6. The molecule has 0 atom stereocenters. The first kappa shape index (κ1) is 21.3. The van der Waals surface area contributed by atoms with Crippen LogP contribution in [-0.2, 0) is 0 Å². The Morgan fingerprint density at radius 1 is 1.29 bits per heavy atom. The molecule has 0 unspecified atom stereocenters. The predicted octanol–water partition coefficient (Wildman–Crippen LogP) is 3.90. The van der Waals surface area contributed by atoms with E-state index in [4.69, 9.17) is 12.2 Å². The Kier molecular flexibility index (Phi) is 8.32. The fourth-order valence-electron chi connectivity index (χ4n) is 3.05. The fraction of sp³-hybridized carbons (Fsp3) is 0.526. The number of anilines is 1. The van der Waals surface area contributed by atoms with Gasteiger partial charge in [-0.25, -0.2) is 9.78 Å². The number of fused-ring (bicyclic) bond motifs is 1. The van der Waals surface area contributed by atoms with E-state index in [-0.39, 0.29) is 6.03 Å². The molecule has 1 aliphatic rings. The highest BCUT2D eigenvalue weighted by Gasteiger charge is 2.18. The van der Waals surface area contributed by atoms with Crippen LogP contribution >= 0.6 is 35.3 Å². The molecule has 0 aliphatic carbocycles. The zero-order valence-corrected chi connectivity index (χ0v) is 18.5. The number of rotatable bonds is 7. The summed E-state index contributed by atoms with van der Waals surface area (Å²) in [6.07, 6.45) is 4.30. The van der Waals surface area contributed by atoms with Gasteiger partial charge in [0.2, 0.25) is 0 Å². The van der Waals surface area contributed by atoms with Gasteiger partial charge in [-0.3, -0.25) is 0 Å². The second-order valence-electron chi connectivity index (χ2n) is 6.96. The number of benzene rings is 1. The minimum Gasteiger partial charge on any atom is -0.371 e. The number of hydrogen-bond donors (Lipinski definition) is 3. The first-order valence-electron chi connectivity index (χ1n) is 9.61. The van der Waals surface area contributed by atoms with E-state index >= 15 is 0 Å². The van der Waals surface area contributed by atoms with E-state index in [1.165, 1.54) is 12.8 Å². The lowest BCUT2D eigenvalue weighted by atomic mass is 10.1. The lowest BCUT2D eigenvalue weighted by Gasteiger charge is -2.28. The number of likely N-dealkylation sites (tertiary alicyclic amines) is 1. The molecule has 28 heavy (non-hydrogen) atoms. The van der Waals surface area contributed by atoms with Crippen LogP contribution in [-0.4, -0.2) is 58.7 Å². The zero-order valence-electron chi connectivity index (χ0n) is 16.1. The summed E-state index contributed by atoms with van der Waals surface area (Å²) in [7, 11) is 2.17. The van der Waals surface area contributed by atoms with Crippen LogP contribution in [0.2, 0.25) is 0 Å². The van der Waals surface area contributed by atoms with Gasteiger partial charge in [0.15, 0.2) is 0 Å². The zero-order chi connectivity index (χ0) is 19.8. The number of carbonyl (C=O) groups is 1. The van der Waals surface area contributed by atoms with Gasteiger partial charge in [-0.05, 0) is 64.0 Å². The number of unbranched alkanes of at least 4 members (excludes halogenated alkanes) is 1. The number of nitrogens with one attached hydrogen (secondary N) is 3. The lowest BCUT2D eigenvalue weighted by Crippen LogP contribution is -2.33. The third kappa shape index (κ3) is 6.88. The standard InChI is InChI=1S/C19H27N5OS3/c1-24-10-6-15(7-11-24)28-19(26)21-9-3-2-8-20-18(25)23-14-4-5-16-17(12-14)27-13-22-16/h4-5,12-13,15H,2-3,6-11H2,1H3,(H,21,26)(H2,20,23,25). The average molecular weight is 438 g/mol. The molecule has 2 amide bonds. The van der Waals surface area contributed by atoms with Crippen LogP contribution in [0.1, 0.15) is 25.7 Å². The Labute approximate surface area is 179 Å². The van der Waals surface area contributed by atoms with Crippen molar-refractivity contribution in [3.8, 4) is 0 Å². The highest BCUT2D eigenvalue weighted by Crippen LogP contribution is 2.23. The Morgan fingerprint density at radius 3 is 2.82 bits per heavy atom. The van der Waals surface area contributed by atoms with Gasteiger partial charge in [0.05, 0.1) is 15.7 Å². The van der Waals surface area contributed by atoms with Crippen LogP contribution in [0.25, 0.3) is 10.2 Å². The van der Waals surface area contributed by atoms with Crippen LogP contribution < -0.4 is 16.0 Å². The third-order valence-corrected chi connectivity index (χ3v) is 7.07. The summed E-state index contributed by atoms with van der Waals surface area (Å²) in [5.74, 6) is 0. The van der Waals surface area contributed by atoms with Crippen LogP contribution in [0, 0.1) is 0 Å². The first-order valence-corrected chi connectivity index (χ1v) is 11.8. The normalized spacial score (nSPS) is 15.5. The highest BCUT2D eigenvalue weighted by molar-refractivity contribution is 8.23. The quantitative estimate of drug-likeness (QED) is 0.451. The molecule has 152 valence electrons. The van der Waals surface area contributed by atoms with Crippen molar-refractivity contribution in [2.75, 3.05) is 38.5 Å². The second kappa shape index (κ2) is 10.9. The van der Waals surface area contributed by atoms with Gasteiger partial charge in [0, 0.05) is 24.0 Å². The molecule has 1 saturated heterocycles. The molecule has 2 heterocycles. The molecule has 3 rings (SSSR count). The Morgan fingerprint density at radius 2 is 2.04 bits per heavy atom. The number of thioether (sulfide) groups is 1. The summed E-state index contributed by atoms with van der Waals surface area (Å²) in [5, 5.41) is 9.74. The van der Waals surface area contributed by atoms with E-state index in [9.17, 15) is 4.79 Å². The van der Waals surface area contributed by atoms with Crippen molar-refractivity contribution in [3.05, 3.63) is 23.7 Å². The average Bonchev–Trinajstić information content (AvgIpc) is 3.14. The molecule has 0 spiro atoms. The smallest absolute Gasteiger partial charge is 0.319 e. The number of aromatic nitrogens is 1. The maximum absolute atomic E-state index is 12.0. The van der Waals surface area contributed by atoms with E-state index in [0.717, 1.165) is 52.7 Å². The van der Waals surface area contributed by atoms with Crippen molar-refractivity contribution < 1.29 is 4.79 Å². The van der Waals surface area contributed by atoms with Gasteiger partial charge >= 0.3 is 6.03 Å². The SMILES string of the molecule is CN1CCC(SC(=S)NCCCCNC(=O)Nc2ccc3ncsc3c2)CC1. The number of piperidine rings is 1. The van der Waals surface area contributed by atoms with E-state index in [1.807, 2.05) is 18.2 Å². The number of thiazole rings is 1. The number of hydrogen-bond acceptors (Lipinski definition) is 6. The summed E-state index contributed by atoms with van der Waals surface area (Å²) in [6, 6.07) is 5.55. The van der Waals surface area contributed by atoms with Gasteiger partial charge in [-0.1, -0.05) is 24.0 Å². The van der Waals surface area contributed by atoms with E-state index in [0.29, 0.717) is 11.8 Å². The van der Waals surface area contributed by atoms with Crippen molar-refractivity contribution in [2.24, 2.45) is 0 Å². The lowest BCUT2D eigenvalue weighted by molar-refractivity contribution is 0.252. The van der Waals surface area contributed by atoms with Gasteiger partial charge in [-0.15, -0.1) is 11.3 Å². The number of amides is 2. The second-order valence-corrected chi connectivity index (χ2v) is 9.82. The number of thiocarbonyl (C=S) groups is 1. The number of carbonyl (C=O) groups excluding carboxylic acids is 1. The third-order valence-electron chi connectivity index (χ3n) is 4.69. The van der Waals surface area contributed by atoms with E-state index < -0.39 is 0 Å². The van der Waals surface area contributed by atoms with Crippen molar-refractivity contribution in [3.63, 3.8) is 0 Å². The van der Waals surface area contributed by atoms with E-state index in [1.54, 1.807) is 28.6 Å². The summed E-state index contributed by atoms with van der Waals surface area (Å²) in [5.41, 5.74) is 3.54. The molecule has 1 aliphatic heterocycles. The largest absolute Gasteiger partial charge is 0.371 e. The van der Waals surface area contributed by atoms with Gasteiger partial charge in [-0.2, -0.15) is 0 Å². The monoisotopic (exact) mass is 437 g/mol. The molecule has 6 nitrogen and oxygen atoms in total. The maximum atomic E-state index is 12.0. The number of nitrogens with zero attached hydrogens (tertiary/aromatic N) is 2. The molecule has 1 aromatic carbocycles. The maximum Gasteiger partial charge on any atom is 0.319 e. The minimum absolute atomic E-state index is 0.176. The highest BCUT2D eigenvalue weighted by atomic mass is 32.2. The molecule has 2 aromatic rings. The molecule has 0 saturated carbocycles. The summed E-state index contributed by atoms with van der Waals surface area (Å²) >= 11 is 8.81. The molecular weight excluding hydrogens is 410 g/mol. The molecule has 0 bridgehead atoms. The fourth-order valence-corrected chi connectivity index (χ4v) is 5.21. The molecule has 0 radical (unpaired) electrons. The molecule has 3 N–H and O–H groups in total. The van der Waals surface area contributed by atoms with Gasteiger partial charge in [0.1, 0.15) is 4.32 Å². The van der Waals surface area contributed by atoms with Crippen molar-refractivity contribution >= 4 is 61.6 Å². The summed E-state index contributed by atoms with van der Waals surface area (Å²) < 4.78 is 1.97.